The van der Waals surface area contributed by atoms with Crippen molar-refractivity contribution in [3.8, 4) is 5.75 Å². The summed E-state index contributed by atoms with van der Waals surface area (Å²) in [5.74, 6) is 1.18. The minimum absolute atomic E-state index is 0.0264. The van der Waals surface area contributed by atoms with Crippen molar-refractivity contribution in [3.63, 3.8) is 0 Å². The zero-order chi connectivity index (χ0) is 13.0. The summed E-state index contributed by atoms with van der Waals surface area (Å²) in [7, 11) is 0. The van der Waals surface area contributed by atoms with E-state index >= 15 is 0 Å². The fraction of sp³-hybridized carbons (Fsp3) is 0.538. The Bertz CT molecular complexity index is 422. The van der Waals surface area contributed by atoms with Crippen LogP contribution in [0.4, 0.5) is 0 Å². The highest BCUT2D eigenvalue weighted by Crippen LogP contribution is 2.14. The molecule has 1 aliphatic heterocycles. The maximum Gasteiger partial charge on any atom is 0.224 e. The summed E-state index contributed by atoms with van der Waals surface area (Å²) < 4.78 is 0. The van der Waals surface area contributed by atoms with Crippen molar-refractivity contribution in [3.05, 3.63) is 24.0 Å². The molecule has 0 radical (unpaired) electrons. The number of hydrogen-bond donors (Lipinski definition) is 3. The summed E-state index contributed by atoms with van der Waals surface area (Å²) >= 11 is 0. The number of carbonyl (C=O) groups is 1. The summed E-state index contributed by atoms with van der Waals surface area (Å²) in [5.41, 5.74) is 0.727. The van der Waals surface area contributed by atoms with E-state index in [4.69, 9.17) is 0 Å². The number of aromatic nitrogens is 1. The zero-order valence-corrected chi connectivity index (χ0v) is 10.5. The molecule has 1 saturated heterocycles. The first-order valence-electron chi connectivity index (χ1n) is 6.25. The molecule has 3 N–H and O–H groups in total. The second kappa shape index (κ2) is 5.82. The Morgan fingerprint density at radius 1 is 1.56 bits per heavy atom. The number of aromatic hydroxyl groups is 1. The lowest BCUT2D eigenvalue weighted by Crippen LogP contribution is -2.33. The standard InChI is InChI=1S/C13H19N3O2/c1-9-4-14-6-11(9)7-16-13(18)3-10-2-12(17)8-15-5-10/h2,5,8-9,11,14,17H,3-4,6-7H2,1H3,(H,16,18)/t9-,11+/m1/s1. The van der Waals surface area contributed by atoms with Gasteiger partial charge in [-0.3, -0.25) is 9.78 Å². The predicted octanol–water partition coefficient (Wildman–Crippen LogP) is 0.301. The molecule has 0 spiro atoms. The van der Waals surface area contributed by atoms with E-state index in [-0.39, 0.29) is 18.1 Å². The van der Waals surface area contributed by atoms with Gasteiger partial charge in [-0.25, -0.2) is 0 Å². The lowest BCUT2D eigenvalue weighted by atomic mass is 9.98. The number of hydrogen-bond acceptors (Lipinski definition) is 4. The highest BCUT2D eigenvalue weighted by molar-refractivity contribution is 5.78. The molecule has 2 rings (SSSR count). The number of nitrogens with zero attached hydrogens (tertiary/aromatic N) is 1. The van der Waals surface area contributed by atoms with Gasteiger partial charge in [-0.1, -0.05) is 6.92 Å². The highest BCUT2D eigenvalue weighted by Gasteiger charge is 2.23. The Morgan fingerprint density at radius 2 is 2.39 bits per heavy atom. The van der Waals surface area contributed by atoms with Gasteiger partial charge in [0.2, 0.25) is 5.91 Å². The first kappa shape index (κ1) is 12.8. The van der Waals surface area contributed by atoms with Gasteiger partial charge >= 0.3 is 0 Å². The van der Waals surface area contributed by atoms with Crippen LogP contribution < -0.4 is 10.6 Å². The monoisotopic (exact) mass is 249 g/mol. The van der Waals surface area contributed by atoms with Gasteiger partial charge in [-0.05, 0) is 36.6 Å². The molecular formula is C13H19N3O2. The average Bonchev–Trinajstić information content (AvgIpc) is 2.72. The second-order valence-electron chi connectivity index (χ2n) is 4.93. The Labute approximate surface area is 107 Å². The maximum atomic E-state index is 11.7. The molecule has 1 aromatic heterocycles. The van der Waals surface area contributed by atoms with Gasteiger partial charge < -0.3 is 15.7 Å². The molecule has 1 fully saturated rings. The normalized spacial score (nSPS) is 22.9. The van der Waals surface area contributed by atoms with Crippen LogP contribution in [-0.2, 0) is 11.2 Å². The van der Waals surface area contributed by atoms with Crippen LogP contribution >= 0.6 is 0 Å². The van der Waals surface area contributed by atoms with E-state index in [1.807, 2.05) is 0 Å². The van der Waals surface area contributed by atoms with Crippen molar-refractivity contribution in [1.29, 1.82) is 0 Å². The van der Waals surface area contributed by atoms with E-state index in [1.54, 1.807) is 12.3 Å². The van der Waals surface area contributed by atoms with Crippen molar-refractivity contribution in [1.82, 2.24) is 15.6 Å². The van der Waals surface area contributed by atoms with Gasteiger partial charge in [0.1, 0.15) is 5.75 Å². The third-order valence-corrected chi connectivity index (χ3v) is 3.38. The van der Waals surface area contributed by atoms with E-state index in [0.717, 1.165) is 18.7 Å². The van der Waals surface area contributed by atoms with Gasteiger partial charge in [-0.15, -0.1) is 0 Å². The van der Waals surface area contributed by atoms with Crippen LogP contribution in [0.15, 0.2) is 18.5 Å². The van der Waals surface area contributed by atoms with E-state index in [1.165, 1.54) is 6.20 Å². The van der Waals surface area contributed by atoms with Gasteiger partial charge in [0.05, 0.1) is 12.6 Å². The third-order valence-electron chi connectivity index (χ3n) is 3.38. The van der Waals surface area contributed by atoms with Crippen LogP contribution in [0.3, 0.4) is 0 Å². The lowest BCUT2D eigenvalue weighted by Gasteiger charge is -2.14. The molecule has 0 aliphatic carbocycles. The fourth-order valence-corrected chi connectivity index (χ4v) is 2.20. The average molecular weight is 249 g/mol. The van der Waals surface area contributed by atoms with Crippen LogP contribution in [0, 0.1) is 11.8 Å². The molecule has 0 aromatic carbocycles. The van der Waals surface area contributed by atoms with Crippen molar-refractivity contribution >= 4 is 5.91 Å². The van der Waals surface area contributed by atoms with Crippen LogP contribution in [0.1, 0.15) is 12.5 Å². The van der Waals surface area contributed by atoms with Crippen LogP contribution in [-0.4, -0.2) is 35.6 Å². The molecule has 1 aromatic rings. The highest BCUT2D eigenvalue weighted by atomic mass is 16.3. The molecule has 5 heteroatoms. The van der Waals surface area contributed by atoms with Gasteiger partial charge in [-0.2, -0.15) is 0 Å². The Balaban J connectivity index is 1.78. The zero-order valence-electron chi connectivity index (χ0n) is 10.5. The van der Waals surface area contributed by atoms with Crippen molar-refractivity contribution in [2.45, 2.75) is 13.3 Å². The summed E-state index contributed by atoms with van der Waals surface area (Å²) in [4.78, 5) is 15.6. The first-order chi connectivity index (χ1) is 8.65. The summed E-state index contributed by atoms with van der Waals surface area (Å²) in [6.45, 7) is 4.89. The number of carbonyl (C=O) groups excluding carboxylic acids is 1. The minimum atomic E-state index is -0.0264. The molecule has 0 bridgehead atoms. The number of rotatable bonds is 4. The van der Waals surface area contributed by atoms with Crippen LogP contribution in [0.5, 0.6) is 5.75 Å². The predicted molar refractivity (Wildman–Crippen MR) is 68.1 cm³/mol. The first-order valence-corrected chi connectivity index (χ1v) is 6.25. The second-order valence-corrected chi connectivity index (χ2v) is 4.93. The van der Waals surface area contributed by atoms with E-state index in [2.05, 4.69) is 22.5 Å². The summed E-state index contributed by atoms with van der Waals surface area (Å²) in [6.07, 6.45) is 3.21. The summed E-state index contributed by atoms with van der Waals surface area (Å²) in [6, 6.07) is 1.56. The Kier molecular flexibility index (Phi) is 4.15. The Hall–Kier alpha value is -1.62. The van der Waals surface area contributed by atoms with Gasteiger partial charge in [0.25, 0.3) is 0 Å². The van der Waals surface area contributed by atoms with Gasteiger partial charge in [0.15, 0.2) is 0 Å². The molecule has 0 unspecified atom stereocenters. The quantitative estimate of drug-likeness (QED) is 0.717. The molecule has 1 aliphatic rings. The number of nitrogens with one attached hydrogen (secondary N) is 2. The molecule has 18 heavy (non-hydrogen) atoms. The lowest BCUT2D eigenvalue weighted by molar-refractivity contribution is -0.120. The minimum Gasteiger partial charge on any atom is -0.506 e. The van der Waals surface area contributed by atoms with E-state index in [0.29, 0.717) is 18.4 Å². The number of pyridine rings is 1. The number of amides is 1. The largest absolute Gasteiger partial charge is 0.506 e. The molecule has 1 amide bonds. The van der Waals surface area contributed by atoms with Gasteiger partial charge in [0, 0.05) is 12.7 Å². The third kappa shape index (κ3) is 3.43. The molecule has 2 heterocycles. The maximum absolute atomic E-state index is 11.7. The van der Waals surface area contributed by atoms with Crippen molar-refractivity contribution in [2.24, 2.45) is 11.8 Å². The molecule has 98 valence electrons. The Morgan fingerprint density at radius 3 is 3.06 bits per heavy atom. The topological polar surface area (TPSA) is 74.2 Å². The molecular weight excluding hydrogens is 230 g/mol. The summed E-state index contributed by atoms with van der Waals surface area (Å²) in [5, 5.41) is 15.5. The molecule has 0 saturated carbocycles. The van der Waals surface area contributed by atoms with Crippen molar-refractivity contribution in [2.75, 3.05) is 19.6 Å². The smallest absolute Gasteiger partial charge is 0.224 e. The van der Waals surface area contributed by atoms with Crippen LogP contribution in [0.25, 0.3) is 0 Å². The SMILES string of the molecule is C[C@@H]1CNC[C@H]1CNC(=O)Cc1cncc(O)c1. The van der Waals surface area contributed by atoms with Crippen LogP contribution in [0.2, 0.25) is 0 Å². The van der Waals surface area contributed by atoms with Crippen molar-refractivity contribution < 1.29 is 9.90 Å². The fourth-order valence-electron chi connectivity index (χ4n) is 2.20. The van der Waals surface area contributed by atoms with E-state index < -0.39 is 0 Å². The molecule has 2 atom stereocenters. The van der Waals surface area contributed by atoms with E-state index in [9.17, 15) is 9.90 Å². The molecule has 5 nitrogen and oxygen atoms in total.